The van der Waals surface area contributed by atoms with Crippen molar-refractivity contribution in [2.75, 3.05) is 18.8 Å². The highest BCUT2D eigenvalue weighted by Gasteiger charge is 2.37. The summed E-state index contributed by atoms with van der Waals surface area (Å²) in [6.45, 7) is 2.47. The molecule has 1 heterocycles. The number of carboxylic acid groups (broad SMARTS) is 1. The van der Waals surface area contributed by atoms with Crippen LogP contribution in [0.3, 0.4) is 0 Å². The van der Waals surface area contributed by atoms with Crippen LogP contribution in [0.4, 0.5) is 0 Å². The van der Waals surface area contributed by atoms with Gasteiger partial charge in [0.15, 0.2) is 0 Å². The number of rotatable bonds is 4. The van der Waals surface area contributed by atoms with E-state index in [4.69, 9.17) is 0 Å². The van der Waals surface area contributed by atoms with Gasteiger partial charge in [-0.05, 0) is 42.2 Å². The summed E-state index contributed by atoms with van der Waals surface area (Å²) in [6.07, 6.45) is 2.14. The maximum Gasteiger partial charge on any atom is 0.307 e. The van der Waals surface area contributed by atoms with Gasteiger partial charge in [-0.15, -0.1) is 0 Å². The van der Waals surface area contributed by atoms with Crippen LogP contribution in [0.2, 0.25) is 0 Å². The Hall–Kier alpha value is -1.40. The lowest BCUT2D eigenvalue weighted by Crippen LogP contribution is -2.47. The third-order valence-electron chi connectivity index (χ3n) is 4.95. The number of benzene rings is 1. The average Bonchev–Trinajstić information content (AvgIpc) is 2.87. The Labute approximate surface area is 137 Å². The van der Waals surface area contributed by atoms with Gasteiger partial charge < -0.3 is 5.11 Å². The molecule has 2 aliphatic rings. The Morgan fingerprint density at radius 2 is 1.83 bits per heavy atom. The molecule has 1 saturated heterocycles. The second-order valence-electron chi connectivity index (χ2n) is 7.01. The fourth-order valence-corrected chi connectivity index (χ4v) is 5.81. The Morgan fingerprint density at radius 3 is 2.39 bits per heavy atom. The molecule has 0 amide bonds. The minimum absolute atomic E-state index is 0.0837. The molecule has 0 aromatic heterocycles. The average molecular weight is 337 g/mol. The van der Waals surface area contributed by atoms with Gasteiger partial charge in [0.1, 0.15) is 0 Å². The van der Waals surface area contributed by atoms with Crippen molar-refractivity contribution in [1.29, 1.82) is 0 Å². The zero-order valence-corrected chi connectivity index (χ0v) is 14.1. The van der Waals surface area contributed by atoms with E-state index in [1.807, 2.05) is 19.1 Å². The van der Waals surface area contributed by atoms with Crippen molar-refractivity contribution < 1.29 is 18.3 Å². The van der Waals surface area contributed by atoms with Crippen LogP contribution < -0.4 is 0 Å². The predicted molar refractivity (Wildman–Crippen MR) is 87.6 cm³/mol. The normalized spacial score (nSPS) is 26.1. The first-order valence-electron chi connectivity index (χ1n) is 8.12. The highest BCUT2D eigenvalue weighted by Crippen LogP contribution is 2.30. The fraction of sp³-hybridized carbons (Fsp3) is 0.588. The first kappa shape index (κ1) is 16.5. The Balaban J connectivity index is 1.69. The summed E-state index contributed by atoms with van der Waals surface area (Å²) in [5, 5.41) is 9.22. The monoisotopic (exact) mass is 337 g/mol. The van der Waals surface area contributed by atoms with Crippen molar-refractivity contribution in [3.05, 3.63) is 35.4 Å². The lowest BCUT2D eigenvalue weighted by Gasteiger charge is -2.34. The van der Waals surface area contributed by atoms with Crippen LogP contribution in [-0.4, -0.2) is 42.6 Å². The lowest BCUT2D eigenvalue weighted by atomic mass is 9.92. The van der Waals surface area contributed by atoms with Crippen LogP contribution in [0.1, 0.15) is 24.5 Å². The third kappa shape index (κ3) is 3.58. The van der Waals surface area contributed by atoms with Gasteiger partial charge in [0.2, 0.25) is 10.0 Å². The number of fused-ring (bicyclic) bond motifs is 1. The van der Waals surface area contributed by atoms with Crippen LogP contribution in [0, 0.1) is 17.8 Å². The standard InChI is InChI=1S/C17H23NO4S/c1-12-6-16(17(19)20)10-18(9-12)23(21,22)11-13-7-14-4-2-3-5-15(14)8-13/h2-5,12-13,16H,6-11H2,1H3,(H,19,20). The summed E-state index contributed by atoms with van der Waals surface area (Å²) in [4.78, 5) is 11.2. The van der Waals surface area contributed by atoms with Crippen molar-refractivity contribution in [3.63, 3.8) is 0 Å². The second kappa shape index (κ2) is 6.24. The van der Waals surface area contributed by atoms with E-state index in [1.54, 1.807) is 0 Å². The van der Waals surface area contributed by atoms with Gasteiger partial charge >= 0.3 is 5.97 Å². The Bertz CT molecular complexity index is 675. The molecule has 1 aromatic carbocycles. The molecule has 6 heteroatoms. The summed E-state index contributed by atoms with van der Waals surface area (Å²) in [6, 6.07) is 8.09. The molecule has 1 fully saturated rings. The van der Waals surface area contributed by atoms with E-state index < -0.39 is 21.9 Å². The number of sulfonamides is 1. The molecular weight excluding hydrogens is 314 g/mol. The van der Waals surface area contributed by atoms with Crippen molar-refractivity contribution in [1.82, 2.24) is 4.31 Å². The van der Waals surface area contributed by atoms with Crippen molar-refractivity contribution >= 4 is 16.0 Å². The molecule has 1 aliphatic carbocycles. The third-order valence-corrected chi connectivity index (χ3v) is 6.93. The summed E-state index contributed by atoms with van der Waals surface area (Å²) in [7, 11) is -3.41. The van der Waals surface area contributed by atoms with Gasteiger partial charge in [-0.1, -0.05) is 31.2 Å². The summed E-state index contributed by atoms with van der Waals surface area (Å²) >= 11 is 0. The van der Waals surface area contributed by atoms with Gasteiger partial charge in [-0.25, -0.2) is 12.7 Å². The fourth-order valence-electron chi connectivity index (χ4n) is 3.88. The number of piperidine rings is 1. The van der Waals surface area contributed by atoms with E-state index in [1.165, 1.54) is 15.4 Å². The van der Waals surface area contributed by atoms with Gasteiger partial charge in [-0.3, -0.25) is 4.79 Å². The van der Waals surface area contributed by atoms with E-state index in [0.717, 1.165) is 12.8 Å². The number of carbonyl (C=O) groups is 1. The van der Waals surface area contributed by atoms with Crippen LogP contribution in [0.25, 0.3) is 0 Å². The molecule has 1 aliphatic heterocycles. The molecular formula is C17H23NO4S. The van der Waals surface area contributed by atoms with Crippen molar-refractivity contribution in [3.8, 4) is 0 Å². The topological polar surface area (TPSA) is 74.7 Å². The molecule has 2 unspecified atom stereocenters. The summed E-state index contributed by atoms with van der Waals surface area (Å²) in [5.41, 5.74) is 2.48. The highest BCUT2D eigenvalue weighted by atomic mass is 32.2. The number of nitrogens with zero attached hydrogens (tertiary/aromatic N) is 1. The van der Waals surface area contributed by atoms with E-state index in [0.29, 0.717) is 13.0 Å². The SMILES string of the molecule is CC1CC(C(=O)O)CN(S(=O)(=O)CC2Cc3ccccc3C2)C1. The predicted octanol–water partition coefficient (Wildman–Crippen LogP) is 1.77. The van der Waals surface area contributed by atoms with Gasteiger partial charge in [0.25, 0.3) is 0 Å². The van der Waals surface area contributed by atoms with Crippen LogP contribution >= 0.6 is 0 Å². The van der Waals surface area contributed by atoms with E-state index in [9.17, 15) is 18.3 Å². The van der Waals surface area contributed by atoms with E-state index in [2.05, 4.69) is 12.1 Å². The maximum atomic E-state index is 12.7. The molecule has 0 radical (unpaired) electrons. The van der Waals surface area contributed by atoms with Crippen molar-refractivity contribution in [2.24, 2.45) is 17.8 Å². The zero-order chi connectivity index (χ0) is 16.6. The number of carboxylic acids is 1. The zero-order valence-electron chi connectivity index (χ0n) is 13.3. The van der Waals surface area contributed by atoms with E-state index in [-0.39, 0.29) is 24.1 Å². The largest absolute Gasteiger partial charge is 0.481 e. The second-order valence-corrected chi connectivity index (χ2v) is 9.03. The van der Waals surface area contributed by atoms with Crippen LogP contribution in [0.15, 0.2) is 24.3 Å². The highest BCUT2D eigenvalue weighted by molar-refractivity contribution is 7.89. The molecule has 3 rings (SSSR count). The van der Waals surface area contributed by atoms with Crippen LogP contribution in [-0.2, 0) is 27.7 Å². The molecule has 0 spiro atoms. The number of hydrogen-bond acceptors (Lipinski definition) is 3. The lowest BCUT2D eigenvalue weighted by molar-refractivity contribution is -0.143. The first-order valence-corrected chi connectivity index (χ1v) is 9.73. The molecule has 0 bridgehead atoms. The summed E-state index contributed by atoms with van der Waals surface area (Å²) < 4.78 is 26.9. The Kier molecular flexibility index (Phi) is 4.47. The van der Waals surface area contributed by atoms with Gasteiger partial charge in [-0.2, -0.15) is 0 Å². The quantitative estimate of drug-likeness (QED) is 0.909. The Morgan fingerprint density at radius 1 is 1.22 bits per heavy atom. The molecule has 2 atom stereocenters. The molecule has 0 saturated carbocycles. The van der Waals surface area contributed by atoms with Gasteiger partial charge in [0.05, 0.1) is 11.7 Å². The molecule has 126 valence electrons. The van der Waals surface area contributed by atoms with Crippen LogP contribution in [0.5, 0.6) is 0 Å². The van der Waals surface area contributed by atoms with Crippen molar-refractivity contribution in [2.45, 2.75) is 26.2 Å². The maximum absolute atomic E-state index is 12.7. The minimum Gasteiger partial charge on any atom is -0.481 e. The smallest absolute Gasteiger partial charge is 0.307 e. The molecule has 1 aromatic rings. The molecule has 5 nitrogen and oxygen atoms in total. The number of aliphatic carboxylic acids is 1. The van der Waals surface area contributed by atoms with E-state index >= 15 is 0 Å². The minimum atomic E-state index is -3.41. The number of hydrogen-bond donors (Lipinski definition) is 1. The molecule has 1 N–H and O–H groups in total. The first-order chi connectivity index (χ1) is 10.8. The van der Waals surface area contributed by atoms with Gasteiger partial charge in [0, 0.05) is 13.1 Å². The molecule has 23 heavy (non-hydrogen) atoms. The summed E-state index contributed by atoms with van der Waals surface area (Å²) in [5.74, 6) is -1.20.